The van der Waals surface area contributed by atoms with E-state index in [2.05, 4.69) is 62.7 Å². The van der Waals surface area contributed by atoms with Gasteiger partial charge in [-0.25, -0.2) is 0 Å². The summed E-state index contributed by atoms with van der Waals surface area (Å²) in [4.78, 5) is 0. The summed E-state index contributed by atoms with van der Waals surface area (Å²) in [6, 6.07) is 20.4. The van der Waals surface area contributed by atoms with E-state index in [1.807, 2.05) is 36.4 Å². The van der Waals surface area contributed by atoms with Crippen LogP contribution < -0.4 is 0 Å². The van der Waals surface area contributed by atoms with Crippen molar-refractivity contribution in [1.82, 2.24) is 0 Å². The molecule has 0 aliphatic heterocycles. The van der Waals surface area contributed by atoms with Gasteiger partial charge in [0.25, 0.3) is 0 Å². The van der Waals surface area contributed by atoms with Crippen LogP contribution in [0.3, 0.4) is 0 Å². The van der Waals surface area contributed by atoms with Gasteiger partial charge in [-0.2, -0.15) is 0 Å². The first kappa shape index (κ1) is 13.3. The SMILES string of the molecule is C=C(C(=C(Br)Br)c1ccccc1)c1ccccc1. The molecule has 2 heteroatoms. The van der Waals surface area contributed by atoms with Crippen molar-refractivity contribution < 1.29 is 0 Å². The van der Waals surface area contributed by atoms with Crippen LogP contribution in [0, 0.1) is 0 Å². The molecule has 0 fully saturated rings. The van der Waals surface area contributed by atoms with Crippen LogP contribution in [0.1, 0.15) is 11.1 Å². The summed E-state index contributed by atoms with van der Waals surface area (Å²) in [5.41, 5.74) is 4.32. The van der Waals surface area contributed by atoms with Crippen molar-refractivity contribution in [1.29, 1.82) is 0 Å². The van der Waals surface area contributed by atoms with Crippen LogP contribution in [-0.4, -0.2) is 0 Å². The number of rotatable bonds is 3. The van der Waals surface area contributed by atoms with Crippen molar-refractivity contribution in [2.75, 3.05) is 0 Å². The van der Waals surface area contributed by atoms with Crippen molar-refractivity contribution in [3.05, 3.63) is 81.8 Å². The van der Waals surface area contributed by atoms with E-state index < -0.39 is 0 Å². The molecule has 2 aromatic carbocycles. The first-order valence-corrected chi connectivity index (χ1v) is 7.14. The molecule has 0 aliphatic rings. The summed E-state index contributed by atoms with van der Waals surface area (Å²) in [5.74, 6) is 0. The van der Waals surface area contributed by atoms with E-state index in [9.17, 15) is 0 Å². The first-order chi connectivity index (χ1) is 8.70. The summed E-state index contributed by atoms with van der Waals surface area (Å²) in [6.07, 6.45) is 0. The van der Waals surface area contributed by atoms with Crippen molar-refractivity contribution in [3.8, 4) is 0 Å². The lowest BCUT2D eigenvalue weighted by molar-refractivity contribution is 1.59. The van der Waals surface area contributed by atoms with Crippen LogP contribution in [0.2, 0.25) is 0 Å². The van der Waals surface area contributed by atoms with Gasteiger partial charge in [-0.15, -0.1) is 0 Å². The zero-order valence-electron chi connectivity index (χ0n) is 9.74. The number of hydrogen-bond acceptors (Lipinski definition) is 0. The molecule has 0 saturated heterocycles. The van der Waals surface area contributed by atoms with Gasteiger partial charge in [0.2, 0.25) is 0 Å². The highest BCUT2D eigenvalue weighted by Crippen LogP contribution is 2.37. The van der Waals surface area contributed by atoms with Gasteiger partial charge >= 0.3 is 0 Å². The summed E-state index contributed by atoms with van der Waals surface area (Å²) in [6.45, 7) is 4.21. The molecule has 0 unspecified atom stereocenters. The number of hydrogen-bond donors (Lipinski definition) is 0. The van der Waals surface area contributed by atoms with Crippen molar-refractivity contribution in [2.45, 2.75) is 0 Å². The maximum absolute atomic E-state index is 4.21. The van der Waals surface area contributed by atoms with Gasteiger partial charge in [0.15, 0.2) is 0 Å². The van der Waals surface area contributed by atoms with E-state index in [1.54, 1.807) is 0 Å². The Labute approximate surface area is 124 Å². The molecule has 0 aromatic heterocycles. The largest absolute Gasteiger partial charge is 0.0905 e. The number of allylic oxidation sites excluding steroid dienone is 2. The van der Waals surface area contributed by atoms with E-state index in [4.69, 9.17) is 0 Å². The second-order valence-corrected chi connectivity index (χ2v) is 6.50. The molecule has 0 radical (unpaired) electrons. The minimum absolute atomic E-state index is 0.912. The average molecular weight is 364 g/mol. The standard InChI is InChI=1S/C16H12Br2/c1-12(13-8-4-2-5-9-13)15(16(17)18)14-10-6-3-7-11-14/h2-11H,1H2. The summed E-state index contributed by atoms with van der Waals surface area (Å²) in [7, 11) is 0. The molecule has 0 saturated carbocycles. The molecule has 0 bridgehead atoms. The van der Waals surface area contributed by atoms with Crippen LogP contribution in [0.5, 0.6) is 0 Å². The first-order valence-electron chi connectivity index (χ1n) is 5.55. The molecular formula is C16H12Br2. The Morgan fingerprint density at radius 2 is 1.17 bits per heavy atom. The lowest BCUT2D eigenvalue weighted by Gasteiger charge is -2.12. The fraction of sp³-hybridized carbons (Fsp3) is 0. The van der Waals surface area contributed by atoms with Crippen LogP contribution in [0.25, 0.3) is 11.1 Å². The van der Waals surface area contributed by atoms with Gasteiger partial charge in [-0.3, -0.25) is 0 Å². The summed E-state index contributed by atoms with van der Waals surface area (Å²) >= 11 is 7.02. The Morgan fingerprint density at radius 3 is 1.61 bits per heavy atom. The summed E-state index contributed by atoms with van der Waals surface area (Å²) < 4.78 is 0.912. The van der Waals surface area contributed by atoms with Crippen LogP contribution in [0.15, 0.2) is 70.6 Å². The minimum atomic E-state index is 0.912. The van der Waals surface area contributed by atoms with Gasteiger partial charge in [0, 0.05) is 5.57 Å². The maximum Gasteiger partial charge on any atom is 0.0688 e. The average Bonchev–Trinajstić information content (AvgIpc) is 2.40. The zero-order chi connectivity index (χ0) is 13.0. The second kappa shape index (κ2) is 6.17. The molecule has 2 aromatic rings. The predicted octanol–water partition coefficient (Wildman–Crippen LogP) is 5.86. The molecule has 0 heterocycles. The van der Waals surface area contributed by atoms with E-state index in [0.29, 0.717) is 0 Å². The number of halogens is 2. The molecule has 0 spiro atoms. The number of benzene rings is 2. The van der Waals surface area contributed by atoms with Gasteiger partial charge < -0.3 is 0 Å². The van der Waals surface area contributed by atoms with Gasteiger partial charge in [0.1, 0.15) is 0 Å². The second-order valence-electron chi connectivity index (χ2n) is 3.85. The Morgan fingerprint density at radius 1 is 0.722 bits per heavy atom. The smallest absolute Gasteiger partial charge is 0.0688 e. The zero-order valence-corrected chi connectivity index (χ0v) is 12.9. The third kappa shape index (κ3) is 3.01. The molecular weight excluding hydrogens is 352 g/mol. The molecule has 0 nitrogen and oxygen atoms in total. The molecule has 0 amide bonds. The molecule has 2 rings (SSSR count). The fourth-order valence-electron chi connectivity index (χ4n) is 1.79. The third-order valence-electron chi connectivity index (χ3n) is 2.68. The Kier molecular flexibility index (Phi) is 4.56. The normalized spacial score (nSPS) is 9.89. The Bertz CT molecular complexity index is 565. The molecule has 0 N–H and O–H groups in total. The summed E-state index contributed by atoms with van der Waals surface area (Å²) in [5, 5.41) is 0. The Balaban J connectivity index is 2.47. The highest BCUT2D eigenvalue weighted by molar-refractivity contribution is 9.28. The van der Waals surface area contributed by atoms with Gasteiger partial charge in [-0.05, 0) is 48.6 Å². The molecule has 18 heavy (non-hydrogen) atoms. The lowest BCUT2D eigenvalue weighted by atomic mass is 9.95. The lowest BCUT2D eigenvalue weighted by Crippen LogP contribution is -1.89. The van der Waals surface area contributed by atoms with E-state index in [1.165, 1.54) is 0 Å². The topological polar surface area (TPSA) is 0 Å². The molecule has 90 valence electrons. The van der Waals surface area contributed by atoms with Crippen molar-refractivity contribution in [2.24, 2.45) is 0 Å². The van der Waals surface area contributed by atoms with E-state index >= 15 is 0 Å². The van der Waals surface area contributed by atoms with Crippen LogP contribution >= 0.6 is 31.9 Å². The predicted molar refractivity (Wildman–Crippen MR) is 86.7 cm³/mol. The van der Waals surface area contributed by atoms with Crippen LogP contribution in [0.4, 0.5) is 0 Å². The van der Waals surface area contributed by atoms with Crippen molar-refractivity contribution >= 4 is 43.0 Å². The maximum atomic E-state index is 4.21. The fourth-order valence-corrected chi connectivity index (χ4v) is 2.72. The highest BCUT2D eigenvalue weighted by atomic mass is 79.9. The Hall–Kier alpha value is -1.12. The monoisotopic (exact) mass is 362 g/mol. The van der Waals surface area contributed by atoms with Crippen molar-refractivity contribution in [3.63, 3.8) is 0 Å². The van der Waals surface area contributed by atoms with E-state index in [0.717, 1.165) is 25.7 Å². The molecule has 0 aliphatic carbocycles. The molecule has 0 atom stereocenters. The minimum Gasteiger partial charge on any atom is -0.0905 e. The van der Waals surface area contributed by atoms with Crippen LogP contribution in [-0.2, 0) is 0 Å². The highest BCUT2D eigenvalue weighted by Gasteiger charge is 2.11. The van der Waals surface area contributed by atoms with Gasteiger partial charge in [0.05, 0.1) is 3.39 Å². The quantitative estimate of drug-likeness (QED) is 0.599. The van der Waals surface area contributed by atoms with Gasteiger partial charge in [-0.1, -0.05) is 67.2 Å². The third-order valence-corrected chi connectivity index (χ3v) is 3.47. The van der Waals surface area contributed by atoms with E-state index in [-0.39, 0.29) is 0 Å².